The van der Waals surface area contributed by atoms with Gasteiger partial charge in [0.2, 0.25) is 0 Å². The number of hydrogen-bond donors (Lipinski definition) is 0. The average molecular weight is 157 g/mol. The molecule has 4 heavy (non-hydrogen) atoms. The molecule has 26 valence electrons. The number of hydrogen-bond acceptors (Lipinski definition) is 0. The third-order valence-electron chi connectivity index (χ3n) is 0. The van der Waals surface area contributed by atoms with Crippen molar-refractivity contribution < 1.29 is 33.3 Å². The molecule has 0 heterocycles. The van der Waals surface area contributed by atoms with Gasteiger partial charge in [-0.15, -0.1) is 0 Å². The molecule has 0 aliphatic heterocycles. The van der Waals surface area contributed by atoms with E-state index >= 15 is 0 Å². The second kappa shape index (κ2) is 28.1. The first-order valence-corrected chi connectivity index (χ1v) is 0. The van der Waals surface area contributed by atoms with Crippen LogP contribution in [0.3, 0.4) is 0 Å². The fourth-order valence-corrected chi connectivity index (χ4v) is 0. The average Bonchev–Trinajstić information content (AvgIpc) is 0. The second-order valence-electron chi connectivity index (χ2n) is 0. The van der Waals surface area contributed by atoms with E-state index in [-0.39, 0.29) is 52.6 Å². The molecule has 0 spiro atoms. The summed E-state index contributed by atoms with van der Waals surface area (Å²) >= 11 is 0. The zero-order valence-electron chi connectivity index (χ0n) is 1.73. The Morgan fingerprint density at radius 3 is 1.00 bits per heavy atom. The van der Waals surface area contributed by atoms with Crippen molar-refractivity contribution in [2.24, 2.45) is 0 Å². The minimum Gasteiger partial charge on any atom is 0 e. The Morgan fingerprint density at radius 2 is 1.00 bits per heavy atom. The Morgan fingerprint density at radius 1 is 1.00 bits per heavy atom. The summed E-state index contributed by atoms with van der Waals surface area (Å²) in [6.45, 7) is 0. The van der Waals surface area contributed by atoms with E-state index in [1.165, 1.54) is 0 Å². The first-order chi connectivity index (χ1) is 0. The van der Waals surface area contributed by atoms with Gasteiger partial charge in [-0.2, -0.15) is 0 Å². The Hall–Kier alpha value is 1.28. The first-order valence-electron chi connectivity index (χ1n) is 0. The maximum Gasteiger partial charge on any atom is 0 e. The SMILES string of the molecule is [B].[Co].[Ni].[Si]. The van der Waals surface area contributed by atoms with Gasteiger partial charge in [0.15, 0.2) is 0 Å². The molecule has 0 unspecified atom stereocenters. The molecule has 0 nitrogen and oxygen atoms in total. The van der Waals surface area contributed by atoms with Crippen LogP contribution in [0.1, 0.15) is 0 Å². The molecule has 0 atom stereocenters. The van der Waals surface area contributed by atoms with Crippen LogP contribution >= 0.6 is 0 Å². The standard InChI is InChI=1S/B.Co.Ni.Si. The molecule has 0 aliphatic carbocycles. The van der Waals surface area contributed by atoms with E-state index in [1.54, 1.807) is 0 Å². The maximum atomic E-state index is 0. The summed E-state index contributed by atoms with van der Waals surface area (Å²) < 4.78 is 0. The van der Waals surface area contributed by atoms with Crippen LogP contribution < -0.4 is 0 Å². The Balaban J connectivity index is 0. The molecule has 0 aromatic carbocycles. The van der Waals surface area contributed by atoms with E-state index in [0.717, 1.165) is 0 Å². The zero-order valence-corrected chi connectivity index (χ0v) is 4.76. The van der Waals surface area contributed by atoms with E-state index in [0.29, 0.717) is 0 Å². The molecule has 0 saturated carbocycles. The van der Waals surface area contributed by atoms with Crippen LogP contribution in [0, 0.1) is 0 Å². The van der Waals surface area contributed by atoms with Gasteiger partial charge in [-0.1, -0.05) is 0 Å². The summed E-state index contributed by atoms with van der Waals surface area (Å²) in [5, 5.41) is 0. The molecule has 4 heteroatoms. The minimum atomic E-state index is 0. The van der Waals surface area contributed by atoms with Crippen molar-refractivity contribution in [1.29, 1.82) is 0 Å². The Labute approximate surface area is 52.8 Å². The fraction of sp³-hybridized carbons (Fsp3) is 0. The molecule has 8 radical (unpaired) electrons. The summed E-state index contributed by atoms with van der Waals surface area (Å²) in [6.07, 6.45) is 0. The molecular weight excluding hydrogens is 157 g/mol. The molecule has 0 rings (SSSR count). The van der Waals surface area contributed by atoms with Gasteiger partial charge in [-0.3, -0.25) is 0 Å². The van der Waals surface area contributed by atoms with Crippen LogP contribution in [0.2, 0.25) is 0 Å². The van der Waals surface area contributed by atoms with Crippen LogP contribution in [0.15, 0.2) is 0 Å². The molecule has 0 N–H and O–H groups in total. The Kier molecular flexibility index (Phi) is 414. The normalized spacial score (nSPS) is 0. The summed E-state index contributed by atoms with van der Waals surface area (Å²) in [5.41, 5.74) is 0. The van der Waals surface area contributed by atoms with E-state index in [4.69, 9.17) is 0 Å². The minimum absolute atomic E-state index is 0. The van der Waals surface area contributed by atoms with Crippen molar-refractivity contribution in [2.45, 2.75) is 0 Å². The van der Waals surface area contributed by atoms with Crippen molar-refractivity contribution >= 4 is 19.4 Å². The van der Waals surface area contributed by atoms with Crippen LogP contribution in [0.5, 0.6) is 0 Å². The van der Waals surface area contributed by atoms with Gasteiger partial charge in [-0.25, -0.2) is 0 Å². The van der Waals surface area contributed by atoms with Gasteiger partial charge < -0.3 is 0 Å². The third kappa shape index (κ3) is 10.4. The first kappa shape index (κ1) is 58.9. The Bertz CT molecular complexity index is 8.00. The van der Waals surface area contributed by atoms with E-state index < -0.39 is 0 Å². The molecule has 0 aromatic rings. The molecule has 0 amide bonds. The van der Waals surface area contributed by atoms with Crippen molar-refractivity contribution in [3.8, 4) is 0 Å². The van der Waals surface area contributed by atoms with Crippen molar-refractivity contribution in [3.63, 3.8) is 0 Å². The van der Waals surface area contributed by atoms with Gasteiger partial charge >= 0.3 is 0 Å². The maximum absolute atomic E-state index is 0. The fourth-order valence-electron chi connectivity index (χ4n) is 0. The summed E-state index contributed by atoms with van der Waals surface area (Å²) in [7, 11) is 0. The van der Waals surface area contributed by atoms with E-state index in [1.807, 2.05) is 0 Å². The predicted octanol–water partition coefficient (Wildman–Crippen LogP) is -0.767. The van der Waals surface area contributed by atoms with Crippen molar-refractivity contribution in [3.05, 3.63) is 0 Å². The van der Waals surface area contributed by atoms with Crippen molar-refractivity contribution in [1.82, 2.24) is 0 Å². The predicted molar refractivity (Wildman–Crippen MR) is 11.5 cm³/mol. The van der Waals surface area contributed by atoms with Gasteiger partial charge in [0.05, 0.1) is 0 Å². The second-order valence-corrected chi connectivity index (χ2v) is 0. The largest absolute Gasteiger partial charge is 0 e. The third-order valence-corrected chi connectivity index (χ3v) is 0. The summed E-state index contributed by atoms with van der Waals surface area (Å²) in [4.78, 5) is 0. The smallest absolute Gasteiger partial charge is 0 e. The summed E-state index contributed by atoms with van der Waals surface area (Å²) in [6, 6.07) is 0. The van der Waals surface area contributed by atoms with Crippen LogP contribution in [0.4, 0.5) is 0 Å². The molecule has 0 aromatic heterocycles. The van der Waals surface area contributed by atoms with Gasteiger partial charge in [0.25, 0.3) is 0 Å². The van der Waals surface area contributed by atoms with Crippen molar-refractivity contribution in [2.75, 3.05) is 0 Å². The van der Waals surface area contributed by atoms with Crippen LogP contribution in [0.25, 0.3) is 0 Å². The quantitative estimate of drug-likeness (QED) is 0.404. The number of rotatable bonds is 0. The van der Waals surface area contributed by atoms with E-state index in [2.05, 4.69) is 0 Å². The molecule has 0 saturated heterocycles. The molecular formula is BCoNiSi. The van der Waals surface area contributed by atoms with Gasteiger partial charge in [0.1, 0.15) is 0 Å². The van der Waals surface area contributed by atoms with Crippen LogP contribution in [-0.4, -0.2) is 19.4 Å². The van der Waals surface area contributed by atoms with Gasteiger partial charge in [0, 0.05) is 52.6 Å². The summed E-state index contributed by atoms with van der Waals surface area (Å²) in [5.74, 6) is 0. The molecule has 0 aliphatic rings. The zero-order chi connectivity index (χ0) is 0. The monoisotopic (exact) mass is 156 g/mol. The molecule has 0 bridgehead atoms. The molecule has 0 fully saturated rings. The van der Waals surface area contributed by atoms with E-state index in [9.17, 15) is 0 Å². The van der Waals surface area contributed by atoms with Gasteiger partial charge in [-0.05, 0) is 0 Å². The topological polar surface area (TPSA) is 0 Å². The van der Waals surface area contributed by atoms with Crippen LogP contribution in [-0.2, 0) is 33.3 Å².